The van der Waals surface area contributed by atoms with Gasteiger partial charge < -0.3 is 14.6 Å². The minimum atomic E-state index is -0.341. The first-order valence-electron chi connectivity index (χ1n) is 9.77. The second-order valence-electron chi connectivity index (χ2n) is 7.78. The predicted octanol–water partition coefficient (Wildman–Crippen LogP) is 3.11. The molecular formula is C22H20FN3O3. The number of nitrogens with zero attached hydrogens (tertiary/aromatic N) is 2. The highest BCUT2D eigenvalue weighted by molar-refractivity contribution is 5.96. The fourth-order valence-corrected chi connectivity index (χ4v) is 4.45. The van der Waals surface area contributed by atoms with E-state index in [9.17, 15) is 14.0 Å². The highest BCUT2D eigenvalue weighted by Crippen LogP contribution is 2.53. The van der Waals surface area contributed by atoms with Crippen molar-refractivity contribution < 1.29 is 18.4 Å². The van der Waals surface area contributed by atoms with Crippen LogP contribution in [0.1, 0.15) is 27.3 Å². The Labute approximate surface area is 166 Å². The Morgan fingerprint density at radius 2 is 1.93 bits per heavy atom. The molecule has 2 aromatic heterocycles. The van der Waals surface area contributed by atoms with Gasteiger partial charge in [0, 0.05) is 36.8 Å². The van der Waals surface area contributed by atoms with Crippen molar-refractivity contribution in [3.63, 3.8) is 0 Å². The number of fused-ring (bicyclic) bond motifs is 2. The monoisotopic (exact) mass is 393 g/mol. The largest absolute Gasteiger partial charge is 0.449 e. The number of carbonyl (C=O) groups excluding carboxylic acids is 2. The van der Waals surface area contributed by atoms with Gasteiger partial charge in [-0.3, -0.25) is 14.6 Å². The van der Waals surface area contributed by atoms with Crippen LogP contribution in [0.4, 0.5) is 4.39 Å². The number of carbonyl (C=O) groups is 2. The number of piperidine rings is 1. The van der Waals surface area contributed by atoms with E-state index in [1.807, 2.05) is 4.90 Å². The molecule has 1 saturated heterocycles. The van der Waals surface area contributed by atoms with Gasteiger partial charge in [-0.2, -0.15) is 0 Å². The fourth-order valence-electron chi connectivity index (χ4n) is 4.45. The zero-order valence-corrected chi connectivity index (χ0v) is 15.7. The lowest BCUT2D eigenvalue weighted by Crippen LogP contribution is -2.32. The summed E-state index contributed by atoms with van der Waals surface area (Å²) in [5.41, 5.74) is 1.12. The van der Waals surface area contributed by atoms with E-state index in [0.29, 0.717) is 41.2 Å². The normalized spacial score (nSPS) is 22.5. The molecule has 2 amide bonds. The molecule has 0 unspecified atom stereocenters. The van der Waals surface area contributed by atoms with Crippen LogP contribution in [-0.4, -0.2) is 41.3 Å². The van der Waals surface area contributed by atoms with Crippen LogP contribution in [0, 0.1) is 23.6 Å². The lowest BCUT2D eigenvalue weighted by atomic mass is 10.1. The summed E-state index contributed by atoms with van der Waals surface area (Å²) >= 11 is 0. The summed E-state index contributed by atoms with van der Waals surface area (Å²) in [6.07, 6.45) is 4.15. The van der Waals surface area contributed by atoms with E-state index in [-0.39, 0.29) is 17.6 Å². The number of likely N-dealkylation sites (tertiary alicyclic amines) is 1. The summed E-state index contributed by atoms with van der Waals surface area (Å²) in [6, 6.07) is 9.21. The third-order valence-electron chi connectivity index (χ3n) is 6.06. The van der Waals surface area contributed by atoms with Crippen molar-refractivity contribution >= 4 is 22.8 Å². The molecule has 0 radical (unpaired) electrons. The maximum Gasteiger partial charge on any atom is 0.287 e. The zero-order valence-electron chi connectivity index (χ0n) is 15.7. The molecule has 5 rings (SSSR count). The molecule has 29 heavy (non-hydrogen) atoms. The van der Waals surface area contributed by atoms with E-state index in [4.69, 9.17) is 4.42 Å². The fraction of sp³-hybridized carbons (Fsp3) is 0.318. The first kappa shape index (κ1) is 17.8. The van der Waals surface area contributed by atoms with E-state index >= 15 is 0 Å². The van der Waals surface area contributed by atoms with E-state index in [2.05, 4.69) is 10.3 Å². The summed E-state index contributed by atoms with van der Waals surface area (Å²) in [6.45, 7) is 2.05. The average molecular weight is 393 g/mol. The molecule has 148 valence electrons. The number of nitrogens with one attached hydrogen (secondary N) is 1. The van der Waals surface area contributed by atoms with Crippen LogP contribution >= 0.6 is 0 Å². The third-order valence-corrected chi connectivity index (χ3v) is 6.06. The second-order valence-corrected chi connectivity index (χ2v) is 7.78. The van der Waals surface area contributed by atoms with Crippen LogP contribution in [-0.2, 0) is 0 Å². The van der Waals surface area contributed by atoms with Crippen molar-refractivity contribution in [2.45, 2.75) is 6.42 Å². The van der Waals surface area contributed by atoms with E-state index in [1.165, 1.54) is 24.3 Å². The topological polar surface area (TPSA) is 75.4 Å². The number of halogens is 1. The van der Waals surface area contributed by atoms with Crippen LogP contribution in [0.2, 0.25) is 0 Å². The minimum absolute atomic E-state index is 0.0383. The maximum atomic E-state index is 13.0. The molecule has 6 nitrogen and oxygen atoms in total. The molecule has 1 N–H and O–H groups in total. The van der Waals surface area contributed by atoms with Crippen molar-refractivity contribution in [1.82, 2.24) is 15.2 Å². The Bertz CT molecular complexity index is 1030. The Morgan fingerprint density at radius 1 is 1.17 bits per heavy atom. The highest BCUT2D eigenvalue weighted by atomic mass is 19.1. The summed E-state index contributed by atoms with van der Waals surface area (Å²) in [5.74, 6) is 1.21. The Kier molecular flexibility index (Phi) is 4.30. The van der Waals surface area contributed by atoms with Gasteiger partial charge in [-0.25, -0.2) is 4.39 Å². The molecule has 1 aliphatic heterocycles. The van der Waals surface area contributed by atoms with E-state index in [0.717, 1.165) is 24.9 Å². The Hall–Kier alpha value is -3.22. The lowest BCUT2D eigenvalue weighted by Gasteiger charge is -2.20. The van der Waals surface area contributed by atoms with Gasteiger partial charge in [0.25, 0.3) is 11.8 Å². The summed E-state index contributed by atoms with van der Waals surface area (Å²) in [4.78, 5) is 30.6. The van der Waals surface area contributed by atoms with Crippen LogP contribution in [0.5, 0.6) is 0 Å². The van der Waals surface area contributed by atoms with Crippen molar-refractivity contribution in [2.75, 3.05) is 19.6 Å². The number of aromatic nitrogens is 1. The highest BCUT2D eigenvalue weighted by Gasteiger charge is 2.55. The number of hydrogen-bond acceptors (Lipinski definition) is 4. The minimum Gasteiger partial charge on any atom is -0.449 e. The van der Waals surface area contributed by atoms with Gasteiger partial charge >= 0.3 is 0 Å². The number of pyridine rings is 1. The van der Waals surface area contributed by atoms with Gasteiger partial charge in [0.05, 0.1) is 6.20 Å². The quantitative estimate of drug-likeness (QED) is 0.723. The molecule has 0 spiro atoms. The molecule has 7 heteroatoms. The lowest BCUT2D eigenvalue weighted by molar-refractivity contribution is 0.0767. The zero-order chi connectivity index (χ0) is 20.0. The number of furan rings is 1. The van der Waals surface area contributed by atoms with E-state index in [1.54, 1.807) is 24.5 Å². The van der Waals surface area contributed by atoms with Crippen LogP contribution < -0.4 is 5.32 Å². The molecular weight excluding hydrogens is 373 g/mol. The summed E-state index contributed by atoms with van der Waals surface area (Å²) in [7, 11) is 0. The molecule has 3 heterocycles. The molecule has 0 bridgehead atoms. The smallest absolute Gasteiger partial charge is 0.287 e. The van der Waals surface area contributed by atoms with Gasteiger partial charge in [-0.05, 0) is 60.6 Å². The maximum absolute atomic E-state index is 13.0. The first-order chi connectivity index (χ1) is 14.1. The molecule has 1 saturated carbocycles. The van der Waals surface area contributed by atoms with Gasteiger partial charge in [0.15, 0.2) is 11.3 Å². The third kappa shape index (κ3) is 3.37. The van der Waals surface area contributed by atoms with Gasteiger partial charge in [0.2, 0.25) is 0 Å². The number of rotatable bonds is 5. The molecule has 3 aromatic rings. The molecule has 2 fully saturated rings. The Morgan fingerprint density at radius 3 is 2.66 bits per heavy atom. The van der Waals surface area contributed by atoms with Crippen LogP contribution in [0.15, 0.2) is 53.2 Å². The van der Waals surface area contributed by atoms with Crippen LogP contribution in [0.3, 0.4) is 0 Å². The van der Waals surface area contributed by atoms with Gasteiger partial charge in [-0.1, -0.05) is 0 Å². The molecule has 3 atom stereocenters. The average Bonchev–Trinajstić information content (AvgIpc) is 3.10. The number of benzene rings is 1. The van der Waals surface area contributed by atoms with Crippen molar-refractivity contribution in [2.24, 2.45) is 17.8 Å². The number of amides is 2. The summed E-state index contributed by atoms with van der Waals surface area (Å²) in [5, 5.41) is 3.77. The SMILES string of the molecule is O=C(NCC[C@@H]1[C@H]2CN(C(=O)c3ccc(F)cc3)C[C@@H]12)c1cc2ccncc2o1. The van der Waals surface area contributed by atoms with Crippen molar-refractivity contribution in [3.8, 4) is 0 Å². The second kappa shape index (κ2) is 6.99. The van der Waals surface area contributed by atoms with Crippen LogP contribution in [0.25, 0.3) is 11.0 Å². The molecule has 1 aromatic carbocycles. The molecule has 2 aliphatic rings. The van der Waals surface area contributed by atoms with E-state index < -0.39 is 0 Å². The number of hydrogen-bond donors (Lipinski definition) is 1. The standard InChI is InChI=1S/C22H20FN3O3/c23-15-3-1-13(2-4-15)22(28)26-11-17-16(18(17)12-26)6-8-25-21(27)19-9-14-5-7-24-10-20(14)29-19/h1-5,7,9-10,16-18H,6,8,11-12H2,(H,25,27)/t16-,17-,18+. The van der Waals surface area contributed by atoms with Crippen molar-refractivity contribution in [1.29, 1.82) is 0 Å². The van der Waals surface area contributed by atoms with Gasteiger partial charge in [0.1, 0.15) is 5.82 Å². The first-order valence-corrected chi connectivity index (χ1v) is 9.77. The summed E-state index contributed by atoms with van der Waals surface area (Å²) < 4.78 is 18.5. The Balaban J connectivity index is 1.09. The van der Waals surface area contributed by atoms with Gasteiger partial charge in [-0.15, -0.1) is 0 Å². The molecule has 1 aliphatic carbocycles. The van der Waals surface area contributed by atoms with Crippen molar-refractivity contribution in [3.05, 3.63) is 65.9 Å². The predicted molar refractivity (Wildman–Crippen MR) is 104 cm³/mol.